The standard InChI is InChI=1S/C23H23N3O3/c1-3-22(27)26(17-9-5-4-6-10-17)20-15-16(2)25(19-12-8-7-11-18(19)20)23(28)21-13-14-24-29-21/h4-14,16,20H,3,15H2,1-2H3. The number of carbonyl (C=O) groups is 2. The summed E-state index contributed by atoms with van der Waals surface area (Å²) in [6.07, 6.45) is 2.49. The molecule has 0 fully saturated rings. The smallest absolute Gasteiger partial charge is 0.297 e. The van der Waals surface area contributed by atoms with Crippen LogP contribution in [0.5, 0.6) is 0 Å². The molecule has 0 saturated carbocycles. The Labute approximate surface area is 169 Å². The highest BCUT2D eigenvalue weighted by atomic mass is 16.5. The zero-order chi connectivity index (χ0) is 20.4. The van der Waals surface area contributed by atoms with E-state index in [9.17, 15) is 9.59 Å². The molecule has 2 aromatic carbocycles. The quantitative estimate of drug-likeness (QED) is 0.654. The van der Waals surface area contributed by atoms with Gasteiger partial charge in [-0.3, -0.25) is 9.59 Å². The minimum atomic E-state index is -0.228. The average Bonchev–Trinajstić information content (AvgIpc) is 3.29. The normalized spacial score (nSPS) is 18.2. The maximum atomic E-state index is 13.1. The molecule has 0 saturated heterocycles. The van der Waals surface area contributed by atoms with Crippen molar-refractivity contribution in [2.75, 3.05) is 9.80 Å². The molecule has 0 N–H and O–H groups in total. The topological polar surface area (TPSA) is 66.7 Å². The summed E-state index contributed by atoms with van der Waals surface area (Å²) in [4.78, 5) is 29.6. The van der Waals surface area contributed by atoms with Crippen LogP contribution in [0.1, 0.15) is 48.8 Å². The Morgan fingerprint density at radius 3 is 2.52 bits per heavy atom. The predicted octanol–water partition coefficient (Wildman–Crippen LogP) is 4.60. The maximum Gasteiger partial charge on any atom is 0.297 e. The molecule has 1 aromatic heterocycles. The highest BCUT2D eigenvalue weighted by Gasteiger charge is 2.39. The van der Waals surface area contributed by atoms with Crippen LogP contribution in [0.3, 0.4) is 0 Å². The Kier molecular flexibility index (Phi) is 5.16. The second kappa shape index (κ2) is 7.91. The van der Waals surface area contributed by atoms with Crippen LogP contribution in [-0.4, -0.2) is 23.0 Å². The Hall–Kier alpha value is -3.41. The molecule has 1 aliphatic rings. The number of fused-ring (bicyclic) bond motifs is 1. The number of benzene rings is 2. The van der Waals surface area contributed by atoms with Gasteiger partial charge in [-0.25, -0.2) is 0 Å². The lowest BCUT2D eigenvalue weighted by Gasteiger charge is -2.43. The van der Waals surface area contributed by atoms with Crippen LogP contribution >= 0.6 is 0 Å². The van der Waals surface area contributed by atoms with Crippen LogP contribution in [0, 0.1) is 0 Å². The predicted molar refractivity (Wildman–Crippen MR) is 111 cm³/mol. The number of hydrogen-bond donors (Lipinski definition) is 0. The molecule has 0 radical (unpaired) electrons. The van der Waals surface area contributed by atoms with E-state index in [1.54, 1.807) is 11.0 Å². The number of anilines is 2. The first-order chi connectivity index (χ1) is 14.1. The number of aromatic nitrogens is 1. The highest BCUT2D eigenvalue weighted by Crippen LogP contribution is 2.42. The molecule has 2 atom stereocenters. The highest BCUT2D eigenvalue weighted by molar-refractivity contribution is 6.05. The third-order valence-corrected chi connectivity index (χ3v) is 5.35. The van der Waals surface area contributed by atoms with Crippen LogP contribution in [0.4, 0.5) is 11.4 Å². The first-order valence-electron chi connectivity index (χ1n) is 9.82. The summed E-state index contributed by atoms with van der Waals surface area (Å²) in [5, 5.41) is 3.66. The number of amides is 2. The van der Waals surface area contributed by atoms with Gasteiger partial charge in [0.25, 0.3) is 5.91 Å². The number of carbonyl (C=O) groups excluding carboxylic acids is 2. The minimum Gasteiger partial charge on any atom is -0.351 e. The van der Waals surface area contributed by atoms with Gasteiger partial charge in [-0.05, 0) is 37.1 Å². The molecule has 2 heterocycles. The van der Waals surface area contributed by atoms with Crippen molar-refractivity contribution in [3.8, 4) is 0 Å². The third-order valence-electron chi connectivity index (χ3n) is 5.35. The lowest BCUT2D eigenvalue weighted by Crippen LogP contribution is -2.47. The molecule has 6 nitrogen and oxygen atoms in total. The Balaban J connectivity index is 1.80. The van der Waals surface area contributed by atoms with Crippen molar-refractivity contribution in [2.45, 2.75) is 38.8 Å². The zero-order valence-corrected chi connectivity index (χ0v) is 16.5. The van der Waals surface area contributed by atoms with Gasteiger partial charge >= 0.3 is 0 Å². The number of para-hydroxylation sites is 2. The molecule has 0 aliphatic carbocycles. The molecule has 2 unspecified atom stereocenters. The summed E-state index contributed by atoms with van der Waals surface area (Å²) < 4.78 is 5.11. The number of nitrogens with zero attached hydrogens (tertiary/aromatic N) is 3. The van der Waals surface area contributed by atoms with Crippen LogP contribution in [0.25, 0.3) is 0 Å². The summed E-state index contributed by atoms with van der Waals surface area (Å²) >= 11 is 0. The van der Waals surface area contributed by atoms with Crippen molar-refractivity contribution >= 4 is 23.2 Å². The van der Waals surface area contributed by atoms with E-state index in [-0.39, 0.29) is 29.7 Å². The van der Waals surface area contributed by atoms with E-state index < -0.39 is 0 Å². The zero-order valence-electron chi connectivity index (χ0n) is 16.5. The lowest BCUT2D eigenvalue weighted by atomic mass is 9.89. The fourth-order valence-electron chi connectivity index (χ4n) is 4.04. The van der Waals surface area contributed by atoms with Crippen molar-refractivity contribution in [3.63, 3.8) is 0 Å². The molecule has 2 amide bonds. The SMILES string of the molecule is CCC(=O)N(c1ccccc1)C1CC(C)N(C(=O)c2ccno2)c2ccccc21. The van der Waals surface area contributed by atoms with Gasteiger partial charge in [-0.2, -0.15) is 0 Å². The molecule has 148 valence electrons. The molecule has 0 bridgehead atoms. The number of hydrogen-bond acceptors (Lipinski definition) is 4. The molecule has 4 rings (SSSR count). The van der Waals surface area contributed by atoms with Crippen molar-refractivity contribution in [1.29, 1.82) is 0 Å². The fourth-order valence-corrected chi connectivity index (χ4v) is 4.04. The molecule has 1 aliphatic heterocycles. The van der Waals surface area contributed by atoms with Crippen molar-refractivity contribution in [1.82, 2.24) is 5.16 Å². The van der Waals surface area contributed by atoms with Gasteiger partial charge in [-0.15, -0.1) is 0 Å². The molecule has 0 spiro atoms. The fraction of sp³-hybridized carbons (Fsp3) is 0.261. The van der Waals surface area contributed by atoms with E-state index in [1.807, 2.05) is 73.3 Å². The van der Waals surface area contributed by atoms with E-state index in [0.29, 0.717) is 12.8 Å². The van der Waals surface area contributed by atoms with Gasteiger partial charge in [0.05, 0.1) is 12.2 Å². The monoisotopic (exact) mass is 389 g/mol. The summed E-state index contributed by atoms with van der Waals surface area (Å²) in [7, 11) is 0. The van der Waals surface area contributed by atoms with Gasteiger partial charge < -0.3 is 14.3 Å². The molecular weight excluding hydrogens is 366 g/mol. The Morgan fingerprint density at radius 2 is 1.83 bits per heavy atom. The molecule has 6 heteroatoms. The third kappa shape index (κ3) is 3.42. The second-order valence-electron chi connectivity index (χ2n) is 7.16. The van der Waals surface area contributed by atoms with Crippen LogP contribution in [0.15, 0.2) is 71.4 Å². The van der Waals surface area contributed by atoms with E-state index in [1.165, 1.54) is 6.20 Å². The molecular formula is C23H23N3O3. The van der Waals surface area contributed by atoms with Gasteiger partial charge in [0.15, 0.2) is 0 Å². The lowest BCUT2D eigenvalue weighted by molar-refractivity contribution is -0.118. The second-order valence-corrected chi connectivity index (χ2v) is 7.16. The maximum absolute atomic E-state index is 13.1. The van der Waals surface area contributed by atoms with Crippen LogP contribution in [-0.2, 0) is 4.79 Å². The largest absolute Gasteiger partial charge is 0.351 e. The number of rotatable bonds is 4. The van der Waals surface area contributed by atoms with Crippen molar-refractivity contribution in [2.24, 2.45) is 0 Å². The van der Waals surface area contributed by atoms with E-state index in [0.717, 1.165) is 16.9 Å². The Morgan fingerprint density at radius 1 is 1.10 bits per heavy atom. The summed E-state index contributed by atoms with van der Waals surface area (Å²) in [5.41, 5.74) is 2.60. The summed E-state index contributed by atoms with van der Waals surface area (Å²) in [6.45, 7) is 3.87. The van der Waals surface area contributed by atoms with Crippen LogP contribution < -0.4 is 9.80 Å². The summed E-state index contributed by atoms with van der Waals surface area (Å²) in [5.74, 6) is 0.0295. The van der Waals surface area contributed by atoms with Gasteiger partial charge in [0.2, 0.25) is 11.7 Å². The summed E-state index contributed by atoms with van der Waals surface area (Å²) in [6, 6.07) is 18.8. The first kappa shape index (κ1) is 18.9. The van der Waals surface area contributed by atoms with Gasteiger partial charge in [0, 0.05) is 29.9 Å². The minimum absolute atomic E-state index is 0.0539. The Bertz CT molecular complexity index is 1000. The van der Waals surface area contributed by atoms with Crippen LogP contribution in [0.2, 0.25) is 0 Å². The first-order valence-corrected chi connectivity index (χ1v) is 9.82. The van der Waals surface area contributed by atoms with Crippen molar-refractivity contribution < 1.29 is 14.1 Å². The van der Waals surface area contributed by atoms with E-state index in [2.05, 4.69) is 5.16 Å². The molecule has 29 heavy (non-hydrogen) atoms. The van der Waals surface area contributed by atoms with Gasteiger partial charge in [0.1, 0.15) is 0 Å². The van der Waals surface area contributed by atoms with Crippen molar-refractivity contribution in [3.05, 3.63) is 78.2 Å². The van der Waals surface area contributed by atoms with Gasteiger partial charge in [-0.1, -0.05) is 48.5 Å². The average molecular weight is 389 g/mol. The van der Waals surface area contributed by atoms with E-state index in [4.69, 9.17) is 4.52 Å². The molecule has 3 aromatic rings. The van der Waals surface area contributed by atoms with E-state index >= 15 is 0 Å².